The number of hydrogen-bond donors (Lipinski definition) is 2. The van der Waals surface area contributed by atoms with Gasteiger partial charge >= 0.3 is 0 Å². The van der Waals surface area contributed by atoms with Gasteiger partial charge < -0.3 is 11.5 Å². The lowest BCUT2D eigenvalue weighted by atomic mass is 10.1. The summed E-state index contributed by atoms with van der Waals surface area (Å²) in [5.74, 6) is 0.360. The average Bonchev–Trinajstić information content (AvgIpc) is 2.76. The molecule has 0 fully saturated rings. The molecule has 3 rings (SSSR count). The Morgan fingerprint density at radius 1 is 1.20 bits per heavy atom. The summed E-state index contributed by atoms with van der Waals surface area (Å²) >= 11 is 1.29. The number of carbonyl (C=O) groups is 1. The predicted molar refractivity (Wildman–Crippen MR) is 83.1 cm³/mol. The number of aromatic nitrogens is 1. The van der Waals surface area contributed by atoms with Crippen molar-refractivity contribution in [3.63, 3.8) is 0 Å². The Labute approximate surface area is 120 Å². The minimum Gasteiger partial charge on any atom is -0.397 e. The average molecular weight is 283 g/mol. The maximum absolute atomic E-state index is 12.5. The van der Waals surface area contributed by atoms with Crippen LogP contribution in [0.2, 0.25) is 0 Å². The fraction of sp³-hybridized carbons (Fsp3) is 0.0667. The van der Waals surface area contributed by atoms with Gasteiger partial charge in [-0.2, -0.15) is 0 Å². The van der Waals surface area contributed by atoms with E-state index in [1.54, 1.807) is 18.2 Å². The van der Waals surface area contributed by atoms with Gasteiger partial charge in [-0.3, -0.25) is 4.79 Å². The first-order chi connectivity index (χ1) is 9.58. The third-order valence-corrected chi connectivity index (χ3v) is 4.26. The topological polar surface area (TPSA) is 82.0 Å². The zero-order valence-electron chi connectivity index (χ0n) is 10.9. The number of nitrogens with zero attached hydrogens (tertiary/aromatic N) is 1. The Bertz CT molecular complexity index is 809. The second kappa shape index (κ2) is 4.61. The molecular formula is C15H13N3OS. The Morgan fingerprint density at radius 2 is 1.90 bits per heavy atom. The van der Waals surface area contributed by atoms with Gasteiger partial charge in [-0.15, -0.1) is 11.3 Å². The number of rotatable bonds is 2. The standard InChI is InChI=1S/C15H13N3OS/c1-8-7-10(16)18-15-11(8)12(17)14(20-15)13(19)9-5-3-2-4-6-9/h2-7H,17H2,1H3,(H2,16,18). The largest absolute Gasteiger partial charge is 0.397 e. The lowest BCUT2D eigenvalue weighted by Crippen LogP contribution is -2.01. The third kappa shape index (κ3) is 1.92. The number of carbonyl (C=O) groups excluding carboxylic acids is 1. The molecule has 0 bridgehead atoms. The van der Waals surface area contributed by atoms with Gasteiger partial charge in [0.05, 0.1) is 5.69 Å². The van der Waals surface area contributed by atoms with E-state index in [0.29, 0.717) is 26.8 Å². The van der Waals surface area contributed by atoms with Crippen LogP contribution < -0.4 is 11.5 Å². The zero-order chi connectivity index (χ0) is 14.3. The van der Waals surface area contributed by atoms with Crippen LogP contribution in [0.3, 0.4) is 0 Å². The summed E-state index contributed by atoms with van der Waals surface area (Å²) in [6.07, 6.45) is 0. The molecule has 20 heavy (non-hydrogen) atoms. The number of nitrogen functional groups attached to an aromatic ring is 2. The van der Waals surface area contributed by atoms with Crippen LogP contribution in [-0.4, -0.2) is 10.8 Å². The number of thiophene rings is 1. The maximum atomic E-state index is 12.5. The van der Waals surface area contributed by atoms with E-state index in [4.69, 9.17) is 11.5 Å². The van der Waals surface area contributed by atoms with E-state index in [2.05, 4.69) is 4.98 Å². The Kier molecular flexibility index (Phi) is 2.91. The number of fused-ring (bicyclic) bond motifs is 1. The highest BCUT2D eigenvalue weighted by Gasteiger charge is 2.19. The molecule has 0 saturated carbocycles. The van der Waals surface area contributed by atoms with Crippen molar-refractivity contribution in [2.45, 2.75) is 6.92 Å². The molecule has 2 aromatic heterocycles. The van der Waals surface area contributed by atoms with Crippen molar-refractivity contribution in [2.75, 3.05) is 11.5 Å². The number of ketones is 1. The summed E-state index contributed by atoms with van der Waals surface area (Å²) in [6, 6.07) is 10.9. The molecule has 5 heteroatoms. The van der Waals surface area contributed by atoms with Crippen molar-refractivity contribution in [3.05, 3.63) is 52.4 Å². The molecule has 0 saturated heterocycles. The number of nitrogens with two attached hydrogens (primary N) is 2. The van der Waals surface area contributed by atoms with E-state index in [1.165, 1.54) is 11.3 Å². The molecule has 2 heterocycles. The highest BCUT2D eigenvalue weighted by atomic mass is 32.1. The molecule has 0 spiro atoms. The van der Waals surface area contributed by atoms with Crippen LogP contribution in [0.15, 0.2) is 36.4 Å². The molecule has 0 aliphatic rings. The van der Waals surface area contributed by atoms with Gasteiger partial charge in [-0.25, -0.2) is 4.98 Å². The van der Waals surface area contributed by atoms with E-state index in [0.717, 1.165) is 10.9 Å². The van der Waals surface area contributed by atoms with Gasteiger partial charge in [-0.05, 0) is 18.6 Å². The van der Waals surface area contributed by atoms with Crippen LogP contribution in [0.4, 0.5) is 11.5 Å². The van der Waals surface area contributed by atoms with Crippen molar-refractivity contribution < 1.29 is 4.79 Å². The monoisotopic (exact) mass is 283 g/mol. The summed E-state index contributed by atoms with van der Waals surface area (Å²) in [4.78, 5) is 18.0. The Hall–Kier alpha value is -2.40. The SMILES string of the molecule is Cc1cc(N)nc2sc(C(=O)c3ccccc3)c(N)c12. The normalized spacial score (nSPS) is 10.8. The molecule has 1 aromatic carbocycles. The first kappa shape index (κ1) is 12.6. The van der Waals surface area contributed by atoms with Gasteiger partial charge in [-0.1, -0.05) is 30.3 Å². The molecule has 3 aromatic rings. The summed E-state index contributed by atoms with van der Waals surface area (Å²) in [5.41, 5.74) is 13.9. The lowest BCUT2D eigenvalue weighted by molar-refractivity contribution is 0.104. The second-order valence-electron chi connectivity index (χ2n) is 4.58. The van der Waals surface area contributed by atoms with Crippen LogP contribution >= 0.6 is 11.3 Å². The van der Waals surface area contributed by atoms with Crippen molar-refractivity contribution >= 4 is 38.8 Å². The van der Waals surface area contributed by atoms with Crippen LogP contribution in [0.25, 0.3) is 10.2 Å². The minimum absolute atomic E-state index is 0.0796. The van der Waals surface area contributed by atoms with E-state index in [-0.39, 0.29) is 5.78 Å². The molecule has 0 unspecified atom stereocenters. The molecular weight excluding hydrogens is 270 g/mol. The number of pyridine rings is 1. The summed E-state index contributed by atoms with van der Waals surface area (Å²) in [6.45, 7) is 1.92. The van der Waals surface area contributed by atoms with Crippen molar-refractivity contribution in [1.82, 2.24) is 4.98 Å². The van der Waals surface area contributed by atoms with Gasteiger partial charge in [0.1, 0.15) is 15.5 Å². The number of benzene rings is 1. The van der Waals surface area contributed by atoms with Gasteiger partial charge in [0.2, 0.25) is 5.78 Å². The fourth-order valence-electron chi connectivity index (χ4n) is 2.22. The highest BCUT2D eigenvalue weighted by molar-refractivity contribution is 7.21. The smallest absolute Gasteiger partial charge is 0.205 e. The molecule has 0 amide bonds. The second-order valence-corrected chi connectivity index (χ2v) is 5.58. The van der Waals surface area contributed by atoms with Crippen molar-refractivity contribution in [3.8, 4) is 0 Å². The van der Waals surface area contributed by atoms with Gasteiger partial charge in [0.25, 0.3) is 0 Å². The molecule has 4 nitrogen and oxygen atoms in total. The van der Waals surface area contributed by atoms with E-state index >= 15 is 0 Å². The lowest BCUT2D eigenvalue weighted by Gasteiger charge is -2.00. The molecule has 0 radical (unpaired) electrons. The highest BCUT2D eigenvalue weighted by Crippen LogP contribution is 2.36. The van der Waals surface area contributed by atoms with E-state index in [9.17, 15) is 4.79 Å². The van der Waals surface area contributed by atoms with Crippen LogP contribution in [0, 0.1) is 6.92 Å². The Balaban J connectivity index is 2.21. The molecule has 0 aliphatic carbocycles. The summed E-state index contributed by atoms with van der Waals surface area (Å²) in [7, 11) is 0. The van der Waals surface area contributed by atoms with Crippen molar-refractivity contribution in [1.29, 1.82) is 0 Å². The van der Waals surface area contributed by atoms with E-state index in [1.807, 2.05) is 25.1 Å². The fourth-order valence-corrected chi connectivity index (χ4v) is 3.36. The Morgan fingerprint density at radius 3 is 2.60 bits per heavy atom. The van der Waals surface area contributed by atoms with Crippen LogP contribution in [0.5, 0.6) is 0 Å². The van der Waals surface area contributed by atoms with Gasteiger partial charge in [0.15, 0.2) is 0 Å². The quantitative estimate of drug-likeness (QED) is 0.708. The molecule has 0 aliphatic heterocycles. The zero-order valence-corrected chi connectivity index (χ0v) is 11.7. The first-order valence-corrected chi connectivity index (χ1v) is 6.94. The maximum Gasteiger partial charge on any atom is 0.205 e. The number of hydrogen-bond acceptors (Lipinski definition) is 5. The summed E-state index contributed by atoms with van der Waals surface area (Å²) in [5, 5.41) is 0.823. The molecule has 4 N–H and O–H groups in total. The van der Waals surface area contributed by atoms with Crippen LogP contribution in [-0.2, 0) is 0 Å². The van der Waals surface area contributed by atoms with E-state index < -0.39 is 0 Å². The number of anilines is 2. The predicted octanol–water partition coefficient (Wildman–Crippen LogP) is 3.00. The third-order valence-electron chi connectivity index (χ3n) is 3.16. The molecule has 0 atom stereocenters. The summed E-state index contributed by atoms with van der Waals surface area (Å²) < 4.78 is 0. The van der Waals surface area contributed by atoms with Crippen LogP contribution in [0.1, 0.15) is 20.8 Å². The van der Waals surface area contributed by atoms with Crippen molar-refractivity contribution in [2.24, 2.45) is 0 Å². The number of aryl methyl sites for hydroxylation is 1. The molecule has 100 valence electrons. The minimum atomic E-state index is -0.0796. The van der Waals surface area contributed by atoms with Gasteiger partial charge in [0, 0.05) is 10.9 Å². The first-order valence-electron chi connectivity index (χ1n) is 6.12.